The maximum absolute atomic E-state index is 15.1. The molecule has 1 saturated heterocycles. The normalized spacial score (nSPS) is 23.4. The number of benzene rings is 1. The highest BCUT2D eigenvalue weighted by Gasteiger charge is 2.42. The van der Waals surface area contributed by atoms with Gasteiger partial charge in [0.05, 0.1) is 18.1 Å². The number of piperidine rings is 1. The van der Waals surface area contributed by atoms with Crippen LogP contribution in [-0.4, -0.2) is 50.3 Å². The highest BCUT2D eigenvalue weighted by molar-refractivity contribution is 6.05. The fourth-order valence-electron chi connectivity index (χ4n) is 4.86. The first-order valence-electron chi connectivity index (χ1n) is 11.5. The number of hydrogen-bond donors (Lipinski definition) is 2. The van der Waals surface area contributed by atoms with Crippen LogP contribution in [0.3, 0.4) is 0 Å². The van der Waals surface area contributed by atoms with Gasteiger partial charge in [-0.1, -0.05) is 12.1 Å². The van der Waals surface area contributed by atoms with E-state index in [1.807, 2.05) is 0 Å². The van der Waals surface area contributed by atoms with Crippen molar-refractivity contribution in [2.24, 2.45) is 0 Å². The summed E-state index contributed by atoms with van der Waals surface area (Å²) in [6, 6.07) is 1.10. The lowest BCUT2D eigenvalue weighted by Gasteiger charge is -2.37. The SMILES string of the molecule is O=C1CCC(N2Cc3ccc(COC(=O)NC4CC(n5cncc5C(F)(F)F)C4)c(F)c3C2=O)C(=O)N1. The summed E-state index contributed by atoms with van der Waals surface area (Å²) in [4.78, 5) is 53.3. The van der Waals surface area contributed by atoms with E-state index in [1.165, 1.54) is 17.0 Å². The summed E-state index contributed by atoms with van der Waals surface area (Å²) in [6.07, 6.45) is -2.87. The molecule has 2 aliphatic heterocycles. The summed E-state index contributed by atoms with van der Waals surface area (Å²) in [5.41, 5.74) is -0.754. The molecule has 2 fully saturated rings. The zero-order valence-corrected chi connectivity index (χ0v) is 19.2. The summed E-state index contributed by atoms with van der Waals surface area (Å²) >= 11 is 0. The second-order valence-corrected chi connectivity index (χ2v) is 9.20. The van der Waals surface area contributed by atoms with E-state index in [0.29, 0.717) is 5.56 Å². The average Bonchev–Trinajstić information content (AvgIpc) is 3.41. The fourth-order valence-corrected chi connectivity index (χ4v) is 4.86. The van der Waals surface area contributed by atoms with E-state index in [1.54, 1.807) is 0 Å². The van der Waals surface area contributed by atoms with Crippen LogP contribution in [0.4, 0.5) is 22.4 Å². The van der Waals surface area contributed by atoms with Crippen LogP contribution in [0.25, 0.3) is 0 Å². The van der Waals surface area contributed by atoms with E-state index in [0.717, 1.165) is 17.1 Å². The maximum atomic E-state index is 15.1. The molecule has 1 atom stereocenters. The number of hydrogen-bond acceptors (Lipinski definition) is 6. The number of carbonyl (C=O) groups excluding carboxylic acids is 4. The van der Waals surface area contributed by atoms with Gasteiger partial charge in [0, 0.05) is 30.6 Å². The van der Waals surface area contributed by atoms with Gasteiger partial charge in [0.15, 0.2) is 0 Å². The number of imide groups is 1. The predicted octanol–water partition coefficient (Wildman–Crippen LogP) is 2.43. The summed E-state index contributed by atoms with van der Waals surface area (Å²) in [6.45, 7) is -0.471. The molecule has 1 aromatic carbocycles. The molecule has 37 heavy (non-hydrogen) atoms. The minimum Gasteiger partial charge on any atom is -0.445 e. The van der Waals surface area contributed by atoms with Gasteiger partial charge < -0.3 is 19.5 Å². The number of carbonyl (C=O) groups is 4. The van der Waals surface area contributed by atoms with Gasteiger partial charge in [-0.2, -0.15) is 13.2 Å². The van der Waals surface area contributed by atoms with Gasteiger partial charge in [-0.3, -0.25) is 19.7 Å². The molecule has 1 aromatic heterocycles. The zero-order chi connectivity index (χ0) is 26.5. The Bertz CT molecular complexity index is 1290. The molecule has 5 rings (SSSR count). The lowest BCUT2D eigenvalue weighted by Crippen LogP contribution is -2.52. The molecule has 196 valence electrons. The molecule has 1 aliphatic carbocycles. The number of fused-ring (bicyclic) bond motifs is 1. The number of alkyl halides is 3. The minimum absolute atomic E-state index is 0.00873. The lowest BCUT2D eigenvalue weighted by atomic mass is 9.86. The summed E-state index contributed by atoms with van der Waals surface area (Å²) in [5.74, 6) is -2.60. The Hall–Kier alpha value is -3.97. The number of imidazole rings is 1. The maximum Gasteiger partial charge on any atom is 0.433 e. The van der Waals surface area contributed by atoms with Crippen LogP contribution in [0.5, 0.6) is 0 Å². The summed E-state index contributed by atoms with van der Waals surface area (Å²) < 4.78 is 60.3. The average molecular weight is 523 g/mol. The van der Waals surface area contributed by atoms with Crippen molar-refractivity contribution >= 4 is 23.8 Å². The smallest absolute Gasteiger partial charge is 0.433 e. The first kappa shape index (κ1) is 24.7. The number of nitrogens with one attached hydrogen (secondary N) is 2. The molecule has 3 heterocycles. The van der Waals surface area contributed by atoms with Crippen molar-refractivity contribution in [1.82, 2.24) is 25.1 Å². The number of nitrogens with zero attached hydrogens (tertiary/aromatic N) is 3. The second-order valence-electron chi connectivity index (χ2n) is 9.20. The summed E-state index contributed by atoms with van der Waals surface area (Å²) in [5, 5.41) is 4.70. The molecule has 2 N–H and O–H groups in total. The third-order valence-electron chi connectivity index (χ3n) is 6.85. The molecule has 14 heteroatoms. The molecule has 4 amide bonds. The van der Waals surface area contributed by atoms with Gasteiger partial charge in [0.1, 0.15) is 24.2 Å². The van der Waals surface area contributed by atoms with Gasteiger partial charge in [-0.25, -0.2) is 14.2 Å². The molecular formula is C23H21F4N5O5. The minimum atomic E-state index is -4.53. The number of amides is 4. The molecule has 0 bridgehead atoms. The Morgan fingerprint density at radius 2 is 1.97 bits per heavy atom. The zero-order valence-electron chi connectivity index (χ0n) is 19.2. The Morgan fingerprint density at radius 3 is 2.68 bits per heavy atom. The molecule has 0 radical (unpaired) electrons. The van der Waals surface area contributed by atoms with Crippen LogP contribution >= 0.6 is 0 Å². The first-order valence-corrected chi connectivity index (χ1v) is 11.5. The second kappa shape index (κ2) is 9.16. The third kappa shape index (κ3) is 4.62. The van der Waals surface area contributed by atoms with Crippen molar-refractivity contribution < 1.29 is 41.5 Å². The fraction of sp³-hybridized carbons (Fsp3) is 0.435. The molecule has 3 aliphatic rings. The Labute approximate surface area is 207 Å². The first-order chi connectivity index (χ1) is 17.5. The predicted molar refractivity (Wildman–Crippen MR) is 115 cm³/mol. The Morgan fingerprint density at radius 1 is 1.22 bits per heavy atom. The van der Waals surface area contributed by atoms with Gasteiger partial charge in [-0.15, -0.1) is 0 Å². The highest BCUT2D eigenvalue weighted by atomic mass is 19.4. The quantitative estimate of drug-likeness (QED) is 0.459. The van der Waals surface area contributed by atoms with Crippen molar-refractivity contribution in [2.75, 3.05) is 0 Å². The van der Waals surface area contributed by atoms with Crippen LogP contribution in [-0.2, 0) is 33.7 Å². The van der Waals surface area contributed by atoms with Crippen molar-refractivity contribution in [3.8, 4) is 0 Å². The van der Waals surface area contributed by atoms with Gasteiger partial charge in [0.2, 0.25) is 11.8 Å². The number of aromatic nitrogens is 2. The Balaban J connectivity index is 1.15. The van der Waals surface area contributed by atoms with Crippen LogP contribution < -0.4 is 10.6 Å². The van der Waals surface area contributed by atoms with Crippen molar-refractivity contribution in [3.05, 3.63) is 52.9 Å². The highest BCUT2D eigenvalue weighted by Crippen LogP contribution is 2.38. The van der Waals surface area contributed by atoms with E-state index >= 15 is 4.39 Å². The van der Waals surface area contributed by atoms with Crippen LogP contribution in [0.15, 0.2) is 24.7 Å². The number of rotatable bonds is 5. The van der Waals surface area contributed by atoms with E-state index in [4.69, 9.17) is 4.74 Å². The molecule has 1 saturated carbocycles. The largest absolute Gasteiger partial charge is 0.445 e. The monoisotopic (exact) mass is 523 g/mol. The molecular weight excluding hydrogens is 502 g/mol. The van der Waals surface area contributed by atoms with E-state index < -0.39 is 66.2 Å². The van der Waals surface area contributed by atoms with Crippen LogP contribution in [0, 0.1) is 5.82 Å². The number of ether oxygens (including phenoxy) is 1. The number of alkyl carbamates (subject to hydrolysis) is 1. The van der Waals surface area contributed by atoms with Crippen molar-refractivity contribution in [1.29, 1.82) is 0 Å². The Kier molecular flexibility index (Phi) is 6.12. The topological polar surface area (TPSA) is 123 Å². The lowest BCUT2D eigenvalue weighted by molar-refractivity contribution is -0.145. The van der Waals surface area contributed by atoms with Crippen LogP contribution in [0.2, 0.25) is 0 Å². The van der Waals surface area contributed by atoms with Crippen molar-refractivity contribution in [2.45, 2.75) is 63.1 Å². The number of halogens is 4. The van der Waals surface area contributed by atoms with Gasteiger partial charge in [-0.05, 0) is 24.8 Å². The van der Waals surface area contributed by atoms with E-state index in [9.17, 15) is 32.3 Å². The molecule has 1 unspecified atom stereocenters. The van der Waals surface area contributed by atoms with E-state index in [2.05, 4.69) is 15.6 Å². The van der Waals surface area contributed by atoms with E-state index in [-0.39, 0.29) is 43.4 Å². The van der Waals surface area contributed by atoms with Crippen LogP contribution in [0.1, 0.15) is 58.9 Å². The molecule has 2 aromatic rings. The summed E-state index contributed by atoms with van der Waals surface area (Å²) in [7, 11) is 0. The van der Waals surface area contributed by atoms with Gasteiger partial charge >= 0.3 is 12.3 Å². The molecule has 0 spiro atoms. The third-order valence-corrected chi connectivity index (χ3v) is 6.85. The molecule has 10 nitrogen and oxygen atoms in total. The van der Waals surface area contributed by atoms with Crippen molar-refractivity contribution in [3.63, 3.8) is 0 Å². The standard InChI is InChI=1S/C23H21F4N5O5/c24-19-12(2-1-11-8-31(21(35)18(11)19)15-3-4-17(33)30-20(15)34)9-37-22(36)29-13-5-14(6-13)32-10-28-7-16(32)23(25,26)27/h1-2,7,10,13-15H,3-6,8-9H2,(H,29,36)(H,30,33,34). The van der Waals surface area contributed by atoms with Gasteiger partial charge in [0.25, 0.3) is 5.91 Å².